The Balaban J connectivity index is 1.64. The molecule has 1 aliphatic heterocycles. The summed E-state index contributed by atoms with van der Waals surface area (Å²) >= 11 is 0. The summed E-state index contributed by atoms with van der Waals surface area (Å²) in [5.41, 5.74) is 0.979. The molecule has 0 saturated carbocycles. The van der Waals surface area contributed by atoms with Gasteiger partial charge in [0.15, 0.2) is 0 Å². The van der Waals surface area contributed by atoms with Crippen LogP contribution in [0.25, 0.3) is 0 Å². The van der Waals surface area contributed by atoms with Crippen LogP contribution in [0.3, 0.4) is 0 Å². The molecule has 0 bridgehead atoms. The third-order valence-corrected chi connectivity index (χ3v) is 4.18. The molecule has 1 fully saturated rings. The van der Waals surface area contributed by atoms with Crippen LogP contribution in [-0.4, -0.2) is 29.1 Å². The van der Waals surface area contributed by atoms with Crippen LogP contribution >= 0.6 is 0 Å². The van der Waals surface area contributed by atoms with Crippen molar-refractivity contribution in [3.8, 4) is 0 Å². The highest BCUT2D eigenvalue weighted by Gasteiger charge is 2.40. The maximum absolute atomic E-state index is 12.2. The van der Waals surface area contributed by atoms with E-state index < -0.39 is 5.60 Å². The Labute approximate surface area is 129 Å². The molecule has 116 valence electrons. The Kier molecular flexibility index (Phi) is 3.90. The van der Waals surface area contributed by atoms with Crippen LogP contribution in [0.1, 0.15) is 23.3 Å². The van der Waals surface area contributed by atoms with Gasteiger partial charge >= 0.3 is 6.03 Å². The predicted molar refractivity (Wildman–Crippen MR) is 82.2 cm³/mol. The smallest absolute Gasteiger partial charge is 0.317 e. The molecule has 2 aromatic rings. The van der Waals surface area contributed by atoms with Gasteiger partial charge < -0.3 is 19.7 Å². The lowest BCUT2D eigenvalue weighted by Gasteiger charge is -2.25. The van der Waals surface area contributed by atoms with Crippen LogP contribution in [0.4, 0.5) is 4.79 Å². The highest BCUT2D eigenvalue weighted by molar-refractivity contribution is 5.74. The Morgan fingerprint density at radius 1 is 1.36 bits per heavy atom. The molecule has 0 spiro atoms. The highest BCUT2D eigenvalue weighted by atomic mass is 16.3. The van der Waals surface area contributed by atoms with Gasteiger partial charge in [0.25, 0.3) is 0 Å². The van der Waals surface area contributed by atoms with E-state index in [2.05, 4.69) is 5.32 Å². The van der Waals surface area contributed by atoms with E-state index in [0.717, 1.165) is 11.1 Å². The summed E-state index contributed by atoms with van der Waals surface area (Å²) in [6.45, 7) is 3.18. The van der Waals surface area contributed by atoms with Crippen molar-refractivity contribution in [2.45, 2.75) is 25.5 Å². The number of nitrogens with one attached hydrogen (secondary N) is 1. The molecule has 1 aromatic heterocycles. The summed E-state index contributed by atoms with van der Waals surface area (Å²) in [5.74, 6) is 0.710. The highest BCUT2D eigenvalue weighted by Crippen LogP contribution is 2.33. The van der Waals surface area contributed by atoms with Crippen LogP contribution in [0, 0.1) is 6.92 Å². The largest absolute Gasteiger partial charge is 0.467 e. The average molecular weight is 300 g/mol. The van der Waals surface area contributed by atoms with Gasteiger partial charge in [-0.05, 0) is 36.6 Å². The van der Waals surface area contributed by atoms with E-state index in [4.69, 9.17) is 4.42 Å². The van der Waals surface area contributed by atoms with E-state index >= 15 is 0 Å². The topological polar surface area (TPSA) is 65.7 Å². The van der Waals surface area contributed by atoms with Gasteiger partial charge in [0, 0.05) is 6.54 Å². The lowest BCUT2D eigenvalue weighted by Crippen LogP contribution is -2.40. The quantitative estimate of drug-likeness (QED) is 0.914. The van der Waals surface area contributed by atoms with Crippen LogP contribution in [0.2, 0.25) is 0 Å². The lowest BCUT2D eigenvalue weighted by atomic mass is 9.89. The number of rotatable bonds is 3. The van der Waals surface area contributed by atoms with E-state index in [1.165, 1.54) is 0 Å². The number of amides is 2. The van der Waals surface area contributed by atoms with Gasteiger partial charge in [-0.15, -0.1) is 0 Å². The van der Waals surface area contributed by atoms with Crippen LogP contribution in [0.15, 0.2) is 47.1 Å². The maximum Gasteiger partial charge on any atom is 0.317 e. The summed E-state index contributed by atoms with van der Waals surface area (Å²) in [6.07, 6.45) is 2.13. The number of carbonyl (C=O) groups is 1. The number of hydrogen-bond acceptors (Lipinski definition) is 3. The SMILES string of the molecule is Cc1ccccc1C1(O)CCN(C(=O)NCc2ccco2)C1. The van der Waals surface area contributed by atoms with Crippen molar-refractivity contribution in [2.24, 2.45) is 0 Å². The molecule has 0 aliphatic carbocycles. The molecule has 2 heterocycles. The minimum Gasteiger partial charge on any atom is -0.467 e. The summed E-state index contributed by atoms with van der Waals surface area (Å²) in [5, 5.41) is 13.7. The minimum atomic E-state index is -0.965. The second-order valence-electron chi connectivity index (χ2n) is 5.76. The van der Waals surface area contributed by atoms with Crippen LogP contribution < -0.4 is 5.32 Å². The van der Waals surface area contributed by atoms with Gasteiger partial charge in [0.05, 0.1) is 19.4 Å². The van der Waals surface area contributed by atoms with Crippen LogP contribution in [-0.2, 0) is 12.1 Å². The number of hydrogen-bond donors (Lipinski definition) is 2. The summed E-state index contributed by atoms with van der Waals surface area (Å²) in [4.78, 5) is 13.9. The van der Waals surface area contributed by atoms with E-state index in [-0.39, 0.29) is 6.03 Å². The molecule has 22 heavy (non-hydrogen) atoms. The number of aryl methyl sites for hydroxylation is 1. The van der Waals surface area contributed by atoms with Crippen molar-refractivity contribution in [1.82, 2.24) is 10.2 Å². The standard InChI is InChI=1S/C17H20N2O3/c1-13-5-2-3-7-15(13)17(21)8-9-19(12-17)16(20)18-11-14-6-4-10-22-14/h2-7,10,21H,8-9,11-12H2,1H3,(H,18,20). The van der Waals surface area contributed by atoms with E-state index in [9.17, 15) is 9.90 Å². The fourth-order valence-corrected chi connectivity index (χ4v) is 2.97. The van der Waals surface area contributed by atoms with Gasteiger partial charge in [-0.25, -0.2) is 4.79 Å². The van der Waals surface area contributed by atoms with Crippen molar-refractivity contribution >= 4 is 6.03 Å². The van der Waals surface area contributed by atoms with E-state index in [0.29, 0.717) is 31.8 Å². The maximum atomic E-state index is 12.2. The second-order valence-corrected chi connectivity index (χ2v) is 5.76. The molecule has 5 nitrogen and oxygen atoms in total. The molecule has 2 N–H and O–H groups in total. The summed E-state index contributed by atoms with van der Waals surface area (Å²) in [6, 6.07) is 11.2. The Hall–Kier alpha value is -2.27. The number of likely N-dealkylation sites (tertiary alicyclic amines) is 1. The van der Waals surface area contributed by atoms with E-state index in [1.54, 1.807) is 17.2 Å². The van der Waals surface area contributed by atoms with Gasteiger partial charge in [-0.1, -0.05) is 24.3 Å². The van der Waals surface area contributed by atoms with Crippen LogP contribution in [0.5, 0.6) is 0 Å². The van der Waals surface area contributed by atoms with Gasteiger partial charge in [0.2, 0.25) is 0 Å². The second kappa shape index (κ2) is 5.85. The number of benzene rings is 1. The molecular formula is C17H20N2O3. The first-order valence-electron chi connectivity index (χ1n) is 7.42. The first kappa shape index (κ1) is 14.7. The zero-order valence-corrected chi connectivity index (χ0v) is 12.6. The van der Waals surface area contributed by atoms with Crippen molar-refractivity contribution in [3.63, 3.8) is 0 Å². The van der Waals surface area contributed by atoms with Crippen molar-refractivity contribution in [3.05, 3.63) is 59.5 Å². The Bertz CT molecular complexity index is 654. The van der Waals surface area contributed by atoms with Gasteiger partial charge in [-0.3, -0.25) is 0 Å². The molecule has 1 aromatic carbocycles. The summed E-state index contributed by atoms with van der Waals surface area (Å²) in [7, 11) is 0. The van der Waals surface area contributed by atoms with Crippen molar-refractivity contribution in [1.29, 1.82) is 0 Å². The Morgan fingerprint density at radius 2 is 2.18 bits per heavy atom. The predicted octanol–water partition coefficient (Wildman–Crippen LogP) is 2.39. The fourth-order valence-electron chi connectivity index (χ4n) is 2.97. The zero-order chi connectivity index (χ0) is 15.6. The molecule has 1 aliphatic rings. The fraction of sp³-hybridized carbons (Fsp3) is 0.353. The Morgan fingerprint density at radius 3 is 2.91 bits per heavy atom. The zero-order valence-electron chi connectivity index (χ0n) is 12.6. The minimum absolute atomic E-state index is 0.180. The summed E-state index contributed by atoms with van der Waals surface area (Å²) < 4.78 is 5.19. The average Bonchev–Trinajstić information content (AvgIpc) is 3.15. The number of aliphatic hydroxyl groups is 1. The number of urea groups is 1. The van der Waals surface area contributed by atoms with Crippen molar-refractivity contribution in [2.75, 3.05) is 13.1 Å². The first-order chi connectivity index (χ1) is 10.6. The lowest BCUT2D eigenvalue weighted by molar-refractivity contribution is 0.0487. The third-order valence-electron chi connectivity index (χ3n) is 4.18. The molecule has 3 rings (SSSR count). The molecule has 2 amide bonds. The van der Waals surface area contributed by atoms with Gasteiger partial charge in [-0.2, -0.15) is 0 Å². The molecule has 1 atom stereocenters. The number of furan rings is 1. The van der Waals surface area contributed by atoms with Gasteiger partial charge in [0.1, 0.15) is 11.4 Å². The molecular weight excluding hydrogens is 280 g/mol. The monoisotopic (exact) mass is 300 g/mol. The molecule has 1 saturated heterocycles. The number of β-amino-alcohol motifs (C(OH)–C–C–N with tert-alkyl or cyclic N) is 1. The molecule has 1 unspecified atom stereocenters. The third kappa shape index (κ3) is 2.85. The number of nitrogens with zero attached hydrogens (tertiary/aromatic N) is 1. The first-order valence-corrected chi connectivity index (χ1v) is 7.42. The number of carbonyl (C=O) groups excluding carboxylic acids is 1. The van der Waals surface area contributed by atoms with E-state index in [1.807, 2.05) is 37.3 Å². The molecule has 0 radical (unpaired) electrons. The molecule has 5 heteroatoms. The van der Waals surface area contributed by atoms with Crippen molar-refractivity contribution < 1.29 is 14.3 Å². The normalized spacial score (nSPS) is 21.1.